The highest BCUT2D eigenvalue weighted by Crippen LogP contribution is 2.36. The summed E-state index contributed by atoms with van der Waals surface area (Å²) < 4.78 is 5.24. The zero-order valence-corrected chi connectivity index (χ0v) is 19.1. The normalized spacial score (nSPS) is 13.7. The summed E-state index contributed by atoms with van der Waals surface area (Å²) in [7, 11) is 1.58. The van der Waals surface area contributed by atoms with Crippen molar-refractivity contribution >= 4 is 40.4 Å². The number of amides is 2. The van der Waals surface area contributed by atoms with E-state index in [4.69, 9.17) is 16.3 Å². The van der Waals surface area contributed by atoms with Crippen molar-refractivity contribution in [2.45, 2.75) is 20.8 Å². The Balaban J connectivity index is 1.86. The molecule has 1 heterocycles. The van der Waals surface area contributed by atoms with Gasteiger partial charge in [-0.05, 0) is 79.4 Å². The predicted octanol–water partition coefficient (Wildman–Crippen LogP) is 5.67. The maximum absolute atomic E-state index is 13.6. The van der Waals surface area contributed by atoms with Gasteiger partial charge in [-0.25, -0.2) is 4.90 Å². The van der Waals surface area contributed by atoms with Crippen LogP contribution >= 0.6 is 11.6 Å². The van der Waals surface area contributed by atoms with E-state index in [-0.39, 0.29) is 11.6 Å². The first kappa shape index (κ1) is 21.7. The average Bonchev–Trinajstić information content (AvgIpc) is 3.00. The fraction of sp³-hybridized carbons (Fsp3) is 0.154. The van der Waals surface area contributed by atoms with Gasteiger partial charge in [-0.3, -0.25) is 9.59 Å². The molecule has 0 aromatic heterocycles. The lowest BCUT2D eigenvalue weighted by molar-refractivity contribution is -0.120. The van der Waals surface area contributed by atoms with E-state index in [0.717, 1.165) is 16.7 Å². The quantitative estimate of drug-likeness (QED) is 0.513. The molecule has 6 heteroatoms. The van der Waals surface area contributed by atoms with Gasteiger partial charge in [0.1, 0.15) is 11.4 Å². The topological polar surface area (TPSA) is 58.6 Å². The number of imide groups is 1. The van der Waals surface area contributed by atoms with Crippen LogP contribution in [0, 0.1) is 20.8 Å². The van der Waals surface area contributed by atoms with Gasteiger partial charge in [0.25, 0.3) is 11.8 Å². The number of halogens is 1. The number of hydrogen-bond donors (Lipinski definition) is 1. The third kappa shape index (κ3) is 3.87. The molecule has 162 valence electrons. The van der Waals surface area contributed by atoms with E-state index < -0.39 is 5.91 Å². The van der Waals surface area contributed by atoms with Crippen LogP contribution in [0.25, 0.3) is 5.57 Å². The molecule has 3 aromatic rings. The molecular formula is C26H23ClN2O3. The summed E-state index contributed by atoms with van der Waals surface area (Å²) in [4.78, 5) is 28.4. The van der Waals surface area contributed by atoms with Crippen molar-refractivity contribution in [1.82, 2.24) is 0 Å². The standard InChI is InChI=1S/C26H23ClN2O3/c1-15-12-16(2)14-19(13-15)29-25(30)23(18-8-10-20(32-4)11-9-18)24(26(29)31)28-22-7-5-6-21(27)17(22)3/h5-14,28H,1-4H3. The molecule has 0 spiro atoms. The average molecular weight is 447 g/mol. The van der Waals surface area contributed by atoms with Gasteiger partial charge in [-0.15, -0.1) is 0 Å². The van der Waals surface area contributed by atoms with Gasteiger partial charge in [0.05, 0.1) is 18.4 Å². The zero-order valence-electron chi connectivity index (χ0n) is 18.3. The number of anilines is 2. The van der Waals surface area contributed by atoms with Crippen LogP contribution in [0.15, 0.2) is 66.4 Å². The van der Waals surface area contributed by atoms with Crippen molar-refractivity contribution in [3.63, 3.8) is 0 Å². The Morgan fingerprint density at radius 2 is 1.53 bits per heavy atom. The second-order valence-electron chi connectivity index (χ2n) is 7.81. The van der Waals surface area contributed by atoms with Crippen molar-refractivity contribution in [2.24, 2.45) is 0 Å². The molecule has 0 atom stereocenters. The van der Waals surface area contributed by atoms with E-state index in [2.05, 4.69) is 5.32 Å². The van der Waals surface area contributed by atoms with E-state index in [1.807, 2.05) is 45.0 Å². The molecule has 5 nitrogen and oxygen atoms in total. The number of carbonyl (C=O) groups is 2. The first-order valence-electron chi connectivity index (χ1n) is 10.2. The molecule has 0 bridgehead atoms. The van der Waals surface area contributed by atoms with Crippen molar-refractivity contribution in [3.05, 3.63) is 93.6 Å². The van der Waals surface area contributed by atoms with Gasteiger partial charge < -0.3 is 10.1 Å². The Labute approximate surface area is 192 Å². The minimum Gasteiger partial charge on any atom is -0.497 e. The second kappa shape index (κ2) is 8.52. The summed E-state index contributed by atoms with van der Waals surface area (Å²) >= 11 is 6.28. The predicted molar refractivity (Wildman–Crippen MR) is 128 cm³/mol. The molecule has 0 radical (unpaired) electrons. The van der Waals surface area contributed by atoms with Crippen molar-refractivity contribution < 1.29 is 14.3 Å². The maximum atomic E-state index is 13.6. The third-order valence-corrected chi connectivity index (χ3v) is 5.86. The number of hydrogen-bond acceptors (Lipinski definition) is 4. The Kier molecular flexibility index (Phi) is 5.76. The van der Waals surface area contributed by atoms with Crippen LogP contribution in [0.4, 0.5) is 11.4 Å². The van der Waals surface area contributed by atoms with Crippen LogP contribution in [-0.4, -0.2) is 18.9 Å². The lowest BCUT2D eigenvalue weighted by atomic mass is 10.0. The minimum absolute atomic E-state index is 0.213. The van der Waals surface area contributed by atoms with Crippen LogP contribution < -0.4 is 15.0 Å². The van der Waals surface area contributed by atoms with Crippen molar-refractivity contribution in [3.8, 4) is 5.75 Å². The Morgan fingerprint density at radius 3 is 2.16 bits per heavy atom. The fourth-order valence-corrected chi connectivity index (χ4v) is 4.04. The first-order valence-corrected chi connectivity index (χ1v) is 10.6. The van der Waals surface area contributed by atoms with E-state index in [1.54, 1.807) is 43.5 Å². The first-order chi connectivity index (χ1) is 15.3. The molecule has 32 heavy (non-hydrogen) atoms. The van der Waals surface area contributed by atoms with Crippen LogP contribution in [0.2, 0.25) is 5.02 Å². The molecule has 0 saturated carbocycles. The molecule has 1 N–H and O–H groups in total. The van der Waals surface area contributed by atoms with Gasteiger partial charge in [-0.2, -0.15) is 0 Å². The summed E-state index contributed by atoms with van der Waals surface area (Å²) in [5.41, 5.74) is 5.09. The Bertz CT molecular complexity index is 1240. The molecule has 0 aliphatic carbocycles. The van der Waals surface area contributed by atoms with Crippen LogP contribution in [-0.2, 0) is 9.59 Å². The second-order valence-corrected chi connectivity index (χ2v) is 8.21. The molecule has 4 rings (SSSR count). The zero-order chi connectivity index (χ0) is 23.0. The number of nitrogens with one attached hydrogen (secondary N) is 1. The fourth-order valence-electron chi connectivity index (χ4n) is 3.86. The Morgan fingerprint density at radius 1 is 0.875 bits per heavy atom. The molecule has 3 aromatic carbocycles. The summed E-state index contributed by atoms with van der Waals surface area (Å²) in [6.45, 7) is 5.74. The van der Waals surface area contributed by atoms with Crippen molar-refractivity contribution in [2.75, 3.05) is 17.3 Å². The smallest absolute Gasteiger partial charge is 0.282 e. The summed E-state index contributed by atoms with van der Waals surface area (Å²) in [6, 6.07) is 18.2. The van der Waals surface area contributed by atoms with Gasteiger partial charge >= 0.3 is 0 Å². The number of ether oxygens (including phenoxy) is 1. The van der Waals surface area contributed by atoms with Crippen LogP contribution in [0.3, 0.4) is 0 Å². The summed E-state index contributed by atoms with van der Waals surface area (Å²) in [6.07, 6.45) is 0. The van der Waals surface area contributed by atoms with E-state index in [0.29, 0.717) is 33.3 Å². The van der Waals surface area contributed by atoms with E-state index in [1.165, 1.54) is 4.90 Å². The number of methoxy groups -OCH3 is 1. The van der Waals surface area contributed by atoms with E-state index in [9.17, 15) is 9.59 Å². The summed E-state index contributed by atoms with van der Waals surface area (Å²) in [5.74, 6) is -0.130. The molecule has 0 unspecified atom stereocenters. The monoisotopic (exact) mass is 446 g/mol. The van der Waals surface area contributed by atoms with Gasteiger partial charge in [0.15, 0.2) is 0 Å². The molecule has 0 saturated heterocycles. The van der Waals surface area contributed by atoms with Gasteiger partial charge in [0.2, 0.25) is 0 Å². The highest BCUT2D eigenvalue weighted by atomic mass is 35.5. The largest absolute Gasteiger partial charge is 0.497 e. The van der Waals surface area contributed by atoms with Crippen LogP contribution in [0.5, 0.6) is 5.75 Å². The lowest BCUT2D eigenvalue weighted by Gasteiger charge is -2.17. The molecule has 0 fully saturated rings. The summed E-state index contributed by atoms with van der Waals surface area (Å²) in [5, 5.41) is 3.76. The van der Waals surface area contributed by atoms with E-state index >= 15 is 0 Å². The van der Waals surface area contributed by atoms with Crippen molar-refractivity contribution in [1.29, 1.82) is 0 Å². The number of carbonyl (C=O) groups excluding carboxylic acids is 2. The number of nitrogens with zero attached hydrogens (tertiary/aromatic N) is 1. The molecule has 1 aliphatic rings. The Hall–Kier alpha value is -3.57. The van der Waals surface area contributed by atoms with Gasteiger partial charge in [-0.1, -0.05) is 35.9 Å². The third-order valence-electron chi connectivity index (χ3n) is 5.45. The van der Waals surface area contributed by atoms with Crippen LogP contribution in [0.1, 0.15) is 22.3 Å². The van der Waals surface area contributed by atoms with Gasteiger partial charge in [0, 0.05) is 10.7 Å². The number of rotatable bonds is 5. The lowest BCUT2D eigenvalue weighted by Crippen LogP contribution is -2.32. The minimum atomic E-state index is -0.412. The SMILES string of the molecule is COc1ccc(C2=C(Nc3cccc(Cl)c3C)C(=O)N(c3cc(C)cc(C)c3)C2=O)cc1. The number of benzene rings is 3. The number of aryl methyl sites for hydroxylation is 2. The maximum Gasteiger partial charge on any atom is 0.282 e. The highest BCUT2D eigenvalue weighted by molar-refractivity contribution is 6.46. The molecule has 1 aliphatic heterocycles. The molecular weight excluding hydrogens is 424 g/mol. The molecule has 2 amide bonds. The highest BCUT2D eigenvalue weighted by Gasteiger charge is 2.40.